The fourth-order valence-electron chi connectivity index (χ4n) is 3.96. The number of esters is 4. The molecule has 0 spiro atoms. The molecule has 3 rings (SSSR count). The van der Waals surface area contributed by atoms with Crippen molar-refractivity contribution in [2.75, 3.05) is 26.4 Å². The van der Waals surface area contributed by atoms with Crippen molar-refractivity contribution in [1.29, 1.82) is 0 Å². The predicted octanol–water partition coefficient (Wildman–Crippen LogP) is 7.35. The van der Waals surface area contributed by atoms with Gasteiger partial charge in [0, 0.05) is 29.7 Å². The van der Waals surface area contributed by atoms with Gasteiger partial charge in [0.1, 0.15) is 17.2 Å². The average Bonchev–Trinajstić information content (AvgIpc) is 3.07. The molecule has 0 saturated heterocycles. The molecule has 0 heterocycles. The molecule has 0 unspecified atom stereocenters. The molecule has 3 aromatic rings. The standard InChI is InChI=1S/C37H38F2O10/c1-24(2)34(40)46-19-8-6-5-7-18-44-28-14-10-26(11-15-28)36(42)48-30-22-31(38)33(32(39)23-30)49-37(43)27-12-16-29(17-13-27)45-20-9-21-47-35(41)25(3)4/h10-17,22-23H,1,3,5-9,18-21H2,2,4H3. The topological polar surface area (TPSA) is 124 Å². The second-order valence-corrected chi connectivity index (χ2v) is 10.8. The lowest BCUT2D eigenvalue weighted by Crippen LogP contribution is -2.12. The summed E-state index contributed by atoms with van der Waals surface area (Å²) in [4.78, 5) is 47.8. The summed E-state index contributed by atoms with van der Waals surface area (Å²) in [5.74, 6) is -5.71. The fraction of sp³-hybridized carbons (Fsp3) is 0.297. The van der Waals surface area contributed by atoms with Crippen LogP contribution in [0.1, 0.15) is 66.7 Å². The molecule has 49 heavy (non-hydrogen) atoms. The van der Waals surface area contributed by atoms with E-state index in [9.17, 15) is 28.0 Å². The Balaban J connectivity index is 1.42. The Labute approximate surface area is 283 Å². The summed E-state index contributed by atoms with van der Waals surface area (Å²) in [5, 5.41) is 0. The maximum absolute atomic E-state index is 14.7. The molecule has 0 radical (unpaired) electrons. The first-order chi connectivity index (χ1) is 23.4. The van der Waals surface area contributed by atoms with Crippen LogP contribution in [0, 0.1) is 11.6 Å². The van der Waals surface area contributed by atoms with E-state index in [-0.39, 0.29) is 24.3 Å². The Kier molecular flexibility index (Phi) is 15.0. The van der Waals surface area contributed by atoms with Gasteiger partial charge in [0.25, 0.3) is 0 Å². The van der Waals surface area contributed by atoms with Crippen LogP contribution in [0.4, 0.5) is 8.78 Å². The van der Waals surface area contributed by atoms with E-state index >= 15 is 0 Å². The summed E-state index contributed by atoms with van der Waals surface area (Å²) < 4.78 is 60.8. The van der Waals surface area contributed by atoms with Gasteiger partial charge in [-0.15, -0.1) is 0 Å². The largest absolute Gasteiger partial charge is 0.494 e. The third-order valence-electron chi connectivity index (χ3n) is 6.59. The fourth-order valence-corrected chi connectivity index (χ4v) is 3.96. The summed E-state index contributed by atoms with van der Waals surface area (Å²) >= 11 is 0. The van der Waals surface area contributed by atoms with Gasteiger partial charge in [-0.3, -0.25) is 0 Å². The molecule has 0 aliphatic carbocycles. The quantitative estimate of drug-likeness (QED) is 0.0550. The van der Waals surface area contributed by atoms with Crippen LogP contribution in [0.25, 0.3) is 0 Å². The van der Waals surface area contributed by atoms with Crippen molar-refractivity contribution < 1.29 is 56.4 Å². The zero-order valence-corrected chi connectivity index (χ0v) is 27.4. The van der Waals surface area contributed by atoms with Gasteiger partial charge in [-0.25, -0.2) is 28.0 Å². The predicted molar refractivity (Wildman–Crippen MR) is 175 cm³/mol. The lowest BCUT2D eigenvalue weighted by Gasteiger charge is -2.11. The summed E-state index contributed by atoms with van der Waals surface area (Å²) in [7, 11) is 0. The van der Waals surface area contributed by atoms with E-state index in [4.69, 9.17) is 28.4 Å². The third kappa shape index (κ3) is 12.9. The number of hydrogen-bond donors (Lipinski definition) is 0. The first-order valence-corrected chi connectivity index (χ1v) is 15.5. The lowest BCUT2D eigenvalue weighted by molar-refractivity contribution is -0.140. The second kappa shape index (κ2) is 19.3. The molecular weight excluding hydrogens is 642 g/mol. The van der Waals surface area contributed by atoms with Crippen LogP contribution < -0.4 is 18.9 Å². The van der Waals surface area contributed by atoms with Crippen LogP contribution in [0.3, 0.4) is 0 Å². The number of unbranched alkanes of at least 4 members (excludes halogenated alkanes) is 3. The molecule has 12 heteroatoms. The van der Waals surface area contributed by atoms with Crippen molar-refractivity contribution in [1.82, 2.24) is 0 Å². The maximum Gasteiger partial charge on any atom is 0.343 e. The molecule has 260 valence electrons. The van der Waals surface area contributed by atoms with E-state index in [0.717, 1.165) is 37.8 Å². The highest BCUT2D eigenvalue weighted by atomic mass is 19.1. The number of hydrogen-bond acceptors (Lipinski definition) is 10. The molecule has 0 saturated carbocycles. The second-order valence-electron chi connectivity index (χ2n) is 10.8. The molecule has 0 N–H and O–H groups in total. The van der Waals surface area contributed by atoms with Gasteiger partial charge in [0.15, 0.2) is 11.6 Å². The minimum Gasteiger partial charge on any atom is -0.494 e. The highest BCUT2D eigenvalue weighted by Crippen LogP contribution is 2.29. The van der Waals surface area contributed by atoms with Crippen molar-refractivity contribution in [3.8, 4) is 23.0 Å². The van der Waals surface area contributed by atoms with Gasteiger partial charge in [-0.05, 0) is 88.1 Å². The molecule has 0 aromatic heterocycles. The molecule has 3 aromatic carbocycles. The van der Waals surface area contributed by atoms with Gasteiger partial charge in [0.2, 0.25) is 5.75 Å². The molecular formula is C37H38F2O10. The molecule has 0 amide bonds. The summed E-state index contributed by atoms with van der Waals surface area (Å²) in [6.45, 7) is 11.3. The highest BCUT2D eigenvalue weighted by molar-refractivity contribution is 5.92. The normalized spacial score (nSPS) is 10.4. The van der Waals surface area contributed by atoms with Crippen LogP contribution in [0.15, 0.2) is 85.0 Å². The lowest BCUT2D eigenvalue weighted by atomic mass is 10.2. The average molecular weight is 681 g/mol. The van der Waals surface area contributed by atoms with E-state index in [2.05, 4.69) is 13.2 Å². The Morgan fingerprint density at radius 2 is 0.959 bits per heavy atom. The van der Waals surface area contributed by atoms with Gasteiger partial charge in [-0.1, -0.05) is 13.2 Å². The number of halogens is 2. The van der Waals surface area contributed by atoms with E-state index in [1.54, 1.807) is 26.0 Å². The first kappa shape index (κ1) is 37.9. The van der Waals surface area contributed by atoms with Crippen molar-refractivity contribution >= 4 is 23.9 Å². The SMILES string of the molecule is C=C(C)C(=O)OCCCCCCOc1ccc(C(=O)Oc2cc(F)c(OC(=O)c3ccc(OCCCOC(=O)C(=C)C)cc3)c(F)c2)cc1. The van der Waals surface area contributed by atoms with E-state index in [1.165, 1.54) is 36.4 Å². The Morgan fingerprint density at radius 3 is 1.43 bits per heavy atom. The van der Waals surface area contributed by atoms with Crippen LogP contribution in [-0.4, -0.2) is 50.3 Å². The number of benzene rings is 3. The number of rotatable bonds is 19. The highest BCUT2D eigenvalue weighted by Gasteiger charge is 2.20. The number of carbonyl (C=O) groups is 4. The molecule has 0 fully saturated rings. The van der Waals surface area contributed by atoms with Crippen LogP contribution in [-0.2, 0) is 19.1 Å². The van der Waals surface area contributed by atoms with Crippen molar-refractivity contribution in [3.05, 3.63) is 108 Å². The van der Waals surface area contributed by atoms with Crippen molar-refractivity contribution in [3.63, 3.8) is 0 Å². The van der Waals surface area contributed by atoms with E-state index < -0.39 is 47.0 Å². The van der Waals surface area contributed by atoms with E-state index in [1.807, 2.05) is 0 Å². The minimum atomic E-state index is -1.25. The van der Waals surface area contributed by atoms with Gasteiger partial charge < -0.3 is 28.4 Å². The molecule has 0 aliphatic rings. The van der Waals surface area contributed by atoms with Crippen molar-refractivity contribution in [2.45, 2.75) is 46.0 Å². The Morgan fingerprint density at radius 1 is 0.551 bits per heavy atom. The monoisotopic (exact) mass is 680 g/mol. The zero-order chi connectivity index (χ0) is 35.8. The van der Waals surface area contributed by atoms with Gasteiger partial charge in [0.05, 0.1) is 37.6 Å². The smallest absolute Gasteiger partial charge is 0.343 e. The summed E-state index contributed by atoms with van der Waals surface area (Å²) in [5.41, 5.74) is 0.785. The number of ether oxygens (including phenoxy) is 6. The molecule has 10 nitrogen and oxygen atoms in total. The minimum absolute atomic E-state index is 0.00303. The summed E-state index contributed by atoms with van der Waals surface area (Å²) in [6.07, 6.45) is 3.69. The van der Waals surface area contributed by atoms with Crippen LogP contribution >= 0.6 is 0 Å². The zero-order valence-electron chi connectivity index (χ0n) is 27.4. The molecule has 0 bridgehead atoms. The summed E-state index contributed by atoms with van der Waals surface area (Å²) in [6, 6.07) is 13.2. The van der Waals surface area contributed by atoms with Crippen molar-refractivity contribution in [2.24, 2.45) is 0 Å². The first-order valence-electron chi connectivity index (χ1n) is 15.5. The van der Waals surface area contributed by atoms with E-state index in [0.29, 0.717) is 42.3 Å². The number of carbonyl (C=O) groups excluding carboxylic acids is 4. The molecule has 0 aliphatic heterocycles. The Hall–Kier alpha value is -5.52. The molecule has 0 atom stereocenters. The van der Waals surface area contributed by atoms with Gasteiger partial charge in [-0.2, -0.15) is 0 Å². The van der Waals surface area contributed by atoms with Gasteiger partial charge >= 0.3 is 23.9 Å². The maximum atomic E-state index is 14.7. The third-order valence-corrected chi connectivity index (χ3v) is 6.59. The van der Waals surface area contributed by atoms with Crippen LogP contribution in [0.2, 0.25) is 0 Å². The van der Waals surface area contributed by atoms with Crippen LogP contribution in [0.5, 0.6) is 23.0 Å². The Bertz CT molecular complexity index is 1610.